The average molecular weight is 414 g/mol. The lowest BCUT2D eigenvalue weighted by Gasteiger charge is -2.29. The van der Waals surface area contributed by atoms with Crippen LogP contribution in [0.4, 0.5) is 11.4 Å². The first-order valence-corrected chi connectivity index (χ1v) is 11.3. The van der Waals surface area contributed by atoms with E-state index in [1.54, 1.807) is 0 Å². The Bertz CT molecular complexity index is 1270. The minimum atomic E-state index is 0.888. The van der Waals surface area contributed by atoms with Crippen molar-refractivity contribution in [1.82, 2.24) is 4.58 Å². The van der Waals surface area contributed by atoms with Crippen molar-refractivity contribution in [3.8, 4) is 22.6 Å². The van der Waals surface area contributed by atoms with Crippen LogP contribution < -0.4 is 14.8 Å². The minimum Gasteiger partial charge on any atom is -0.456 e. The number of anilines is 2. The fourth-order valence-corrected chi connectivity index (χ4v) is 5.23. The number of hydrogen-bond acceptors (Lipinski definition) is 3. The van der Waals surface area contributed by atoms with Crippen LogP contribution in [0.5, 0.6) is 0 Å². The van der Waals surface area contributed by atoms with Gasteiger partial charge in [0.2, 0.25) is 5.36 Å². The quantitative estimate of drug-likeness (QED) is 0.379. The molecule has 2 aromatic rings. The summed E-state index contributed by atoms with van der Waals surface area (Å²) in [6.45, 7) is 6.33. The van der Waals surface area contributed by atoms with Gasteiger partial charge in [-0.3, -0.25) is 0 Å². The van der Waals surface area contributed by atoms with E-state index in [-0.39, 0.29) is 0 Å². The predicted octanol–water partition coefficient (Wildman–Crippen LogP) is 6.10. The summed E-state index contributed by atoms with van der Waals surface area (Å²) < 4.78 is 8.71. The Balaban J connectivity index is 1.59. The topological polar surface area (TPSA) is 19.4 Å². The first-order chi connectivity index (χ1) is 14.7. The Morgan fingerprint density at radius 2 is 1.50 bits per heavy atom. The molecule has 5 rings (SSSR count). The molecule has 0 saturated heterocycles. The molecule has 30 heavy (non-hydrogen) atoms. The van der Waals surface area contributed by atoms with Gasteiger partial charge in [0.05, 0.1) is 17.4 Å². The van der Waals surface area contributed by atoms with Gasteiger partial charge in [-0.05, 0) is 62.4 Å². The maximum absolute atomic E-state index is 6.37. The van der Waals surface area contributed by atoms with Crippen LogP contribution in [-0.2, 0) is 0 Å². The summed E-state index contributed by atoms with van der Waals surface area (Å²) >= 11 is 1.83. The molecule has 3 aliphatic rings. The van der Waals surface area contributed by atoms with Gasteiger partial charge in [-0.25, -0.2) is 4.58 Å². The molecule has 0 N–H and O–H groups in total. The van der Waals surface area contributed by atoms with Gasteiger partial charge < -0.3 is 9.32 Å². The van der Waals surface area contributed by atoms with E-state index in [0.29, 0.717) is 0 Å². The number of fused-ring (bicyclic) bond motifs is 3. The molecular formula is C26H25N2OS+. The second-order valence-electron chi connectivity index (χ2n) is 7.51. The third-order valence-electron chi connectivity index (χ3n) is 5.81. The maximum Gasteiger partial charge on any atom is 0.203 e. The highest BCUT2D eigenvalue weighted by Gasteiger charge is 2.21. The Labute approximate surface area is 181 Å². The lowest BCUT2D eigenvalue weighted by atomic mass is 10.1. The van der Waals surface area contributed by atoms with Crippen molar-refractivity contribution >= 4 is 23.1 Å². The summed E-state index contributed by atoms with van der Waals surface area (Å²) in [5.74, 6) is 1.81. The number of para-hydroxylation sites is 1. The largest absolute Gasteiger partial charge is 0.456 e. The summed E-state index contributed by atoms with van der Waals surface area (Å²) in [6, 6.07) is 25.8. The standard InChI is InChI=1S/C26H25N2OS/c1-4-28(5-2)20-13-10-18-11-14-23(29-24(18)17-20)19-12-15-26-22(16-19)27(3)21-8-6-7-9-25(21)30-26/h6-17H,4-5H2,1-3H3/q+1. The summed E-state index contributed by atoms with van der Waals surface area (Å²) in [7, 11) is 2.13. The van der Waals surface area contributed by atoms with Crippen molar-refractivity contribution in [2.45, 2.75) is 23.6 Å². The van der Waals surface area contributed by atoms with E-state index in [1.165, 1.54) is 26.5 Å². The van der Waals surface area contributed by atoms with Crippen LogP contribution in [0.1, 0.15) is 13.8 Å². The van der Waals surface area contributed by atoms with Gasteiger partial charge in [-0.2, -0.15) is 0 Å². The highest BCUT2D eigenvalue weighted by Crippen LogP contribution is 2.48. The van der Waals surface area contributed by atoms with Crippen molar-refractivity contribution in [3.63, 3.8) is 0 Å². The van der Waals surface area contributed by atoms with Gasteiger partial charge in [-0.1, -0.05) is 23.9 Å². The van der Waals surface area contributed by atoms with Gasteiger partial charge in [0.25, 0.3) is 0 Å². The van der Waals surface area contributed by atoms with E-state index >= 15 is 0 Å². The Kier molecular flexibility index (Phi) is 4.87. The molecule has 0 amide bonds. The molecule has 2 heterocycles. The Morgan fingerprint density at radius 1 is 0.767 bits per heavy atom. The van der Waals surface area contributed by atoms with E-state index in [9.17, 15) is 0 Å². The van der Waals surface area contributed by atoms with Gasteiger partial charge in [-0.15, -0.1) is 0 Å². The van der Waals surface area contributed by atoms with Crippen LogP contribution in [0.15, 0.2) is 87.0 Å². The first kappa shape index (κ1) is 19.0. The molecule has 0 radical (unpaired) electrons. The van der Waals surface area contributed by atoms with Crippen molar-refractivity contribution < 1.29 is 4.42 Å². The van der Waals surface area contributed by atoms with Crippen LogP contribution in [0, 0.1) is 0 Å². The van der Waals surface area contributed by atoms with Crippen LogP contribution in [-0.4, -0.2) is 20.1 Å². The molecule has 3 nitrogen and oxygen atoms in total. The monoisotopic (exact) mass is 413 g/mol. The second-order valence-corrected chi connectivity index (χ2v) is 8.59. The third kappa shape index (κ3) is 3.21. The second kappa shape index (κ2) is 7.69. The summed E-state index contributed by atoms with van der Waals surface area (Å²) in [6.07, 6.45) is 0. The molecule has 0 atom stereocenters. The smallest absolute Gasteiger partial charge is 0.203 e. The van der Waals surface area contributed by atoms with Crippen molar-refractivity contribution in [2.75, 3.05) is 25.0 Å². The average Bonchev–Trinajstić information content (AvgIpc) is 2.79. The fourth-order valence-electron chi connectivity index (χ4n) is 4.10. The van der Waals surface area contributed by atoms with E-state index in [2.05, 4.69) is 103 Å². The fraction of sp³-hybridized carbons (Fsp3) is 0.192. The number of benzene rings is 3. The maximum atomic E-state index is 6.37. The van der Waals surface area contributed by atoms with E-state index in [4.69, 9.17) is 4.42 Å². The zero-order valence-electron chi connectivity index (χ0n) is 17.6. The van der Waals surface area contributed by atoms with Gasteiger partial charge >= 0.3 is 0 Å². The molecule has 4 heteroatoms. The Hall–Kier alpha value is -2.98. The highest BCUT2D eigenvalue weighted by atomic mass is 32.2. The first-order valence-electron chi connectivity index (χ1n) is 10.4. The van der Waals surface area contributed by atoms with E-state index < -0.39 is 0 Å². The predicted molar refractivity (Wildman–Crippen MR) is 126 cm³/mol. The molecule has 0 bridgehead atoms. The van der Waals surface area contributed by atoms with Gasteiger partial charge in [0, 0.05) is 34.0 Å². The van der Waals surface area contributed by atoms with Crippen molar-refractivity contribution in [1.29, 1.82) is 0 Å². The van der Waals surface area contributed by atoms with Crippen LogP contribution in [0.3, 0.4) is 0 Å². The SMILES string of the molecule is CC[N+](CC)=c1ccc2ccc(-c3ccc4c(c3)N(C)c3ccccc3S4)oc-2c1. The highest BCUT2D eigenvalue weighted by molar-refractivity contribution is 7.99. The molecule has 0 spiro atoms. The molecule has 1 aliphatic carbocycles. The van der Waals surface area contributed by atoms with Crippen molar-refractivity contribution in [3.05, 3.63) is 78.2 Å². The Morgan fingerprint density at radius 3 is 2.33 bits per heavy atom. The van der Waals surface area contributed by atoms with Crippen LogP contribution >= 0.6 is 11.8 Å². The third-order valence-corrected chi connectivity index (χ3v) is 6.94. The molecule has 2 aromatic carbocycles. The normalized spacial score (nSPS) is 12.6. The van der Waals surface area contributed by atoms with Gasteiger partial charge in [0.15, 0.2) is 0 Å². The van der Waals surface area contributed by atoms with Gasteiger partial charge in [0.1, 0.15) is 24.6 Å². The molecule has 0 fully saturated rings. The zero-order valence-corrected chi connectivity index (χ0v) is 18.4. The number of hydrogen-bond donors (Lipinski definition) is 0. The number of nitrogens with zero attached hydrogens (tertiary/aromatic N) is 2. The summed E-state index contributed by atoms with van der Waals surface area (Å²) in [5, 5.41) is 1.20. The van der Waals surface area contributed by atoms with Crippen molar-refractivity contribution in [2.24, 2.45) is 0 Å². The summed E-state index contributed by atoms with van der Waals surface area (Å²) in [5.41, 5.74) is 4.67. The molecule has 2 aliphatic heterocycles. The number of rotatable bonds is 3. The zero-order chi connectivity index (χ0) is 20.7. The molecule has 0 saturated carbocycles. The van der Waals surface area contributed by atoms with Crippen LogP contribution in [0.2, 0.25) is 0 Å². The van der Waals surface area contributed by atoms with Crippen LogP contribution in [0.25, 0.3) is 22.6 Å². The van der Waals surface area contributed by atoms with E-state index in [0.717, 1.165) is 35.7 Å². The summed E-state index contributed by atoms with van der Waals surface area (Å²) in [4.78, 5) is 4.83. The molecule has 0 unspecified atom stereocenters. The van der Waals surface area contributed by atoms with E-state index in [1.807, 2.05) is 11.8 Å². The molecule has 150 valence electrons. The lowest BCUT2D eigenvalue weighted by molar-refractivity contribution is 0.575. The minimum absolute atomic E-state index is 0.888. The molecule has 0 aromatic heterocycles. The molecular weight excluding hydrogens is 388 g/mol. The lowest BCUT2D eigenvalue weighted by Crippen LogP contribution is -2.29.